The van der Waals surface area contributed by atoms with Gasteiger partial charge in [0.25, 0.3) is 0 Å². The molecule has 0 aromatic heterocycles. The molecular formula is C10H22N2O2. The molecule has 0 aliphatic heterocycles. The summed E-state index contributed by atoms with van der Waals surface area (Å²) in [4.78, 5) is 13.7. The minimum absolute atomic E-state index is 0.0796. The summed E-state index contributed by atoms with van der Waals surface area (Å²) in [7, 11) is 1.78. The van der Waals surface area contributed by atoms with Crippen LogP contribution in [0.3, 0.4) is 0 Å². The molecule has 0 bridgehead atoms. The largest absolute Gasteiger partial charge is 0.396 e. The topological polar surface area (TPSA) is 52.6 Å². The number of rotatable bonds is 6. The van der Waals surface area contributed by atoms with E-state index in [2.05, 4.69) is 5.32 Å². The summed E-state index contributed by atoms with van der Waals surface area (Å²) in [5.74, 6) is 0.0796. The second-order valence-corrected chi connectivity index (χ2v) is 3.84. The molecule has 4 heteroatoms. The van der Waals surface area contributed by atoms with E-state index in [1.165, 1.54) is 0 Å². The Morgan fingerprint density at radius 1 is 1.50 bits per heavy atom. The highest BCUT2D eigenvalue weighted by Crippen LogP contribution is 2.07. The van der Waals surface area contributed by atoms with E-state index in [1.807, 2.05) is 20.8 Å². The Morgan fingerprint density at radius 2 is 2.07 bits per heavy atom. The van der Waals surface area contributed by atoms with Gasteiger partial charge in [0, 0.05) is 19.7 Å². The van der Waals surface area contributed by atoms with Crippen molar-refractivity contribution in [2.75, 3.05) is 26.7 Å². The molecule has 4 nitrogen and oxygen atoms in total. The van der Waals surface area contributed by atoms with Crippen LogP contribution in [0.2, 0.25) is 0 Å². The Labute approximate surface area is 86.3 Å². The van der Waals surface area contributed by atoms with E-state index in [0.717, 1.165) is 0 Å². The lowest BCUT2D eigenvalue weighted by atomic mass is 10.0. The molecule has 84 valence electrons. The summed E-state index contributed by atoms with van der Waals surface area (Å²) in [5, 5.41) is 11.7. The van der Waals surface area contributed by atoms with Gasteiger partial charge < -0.3 is 15.3 Å². The van der Waals surface area contributed by atoms with E-state index >= 15 is 0 Å². The zero-order valence-corrected chi connectivity index (χ0v) is 9.63. The van der Waals surface area contributed by atoms with Crippen LogP contribution in [-0.2, 0) is 4.79 Å². The van der Waals surface area contributed by atoms with E-state index in [1.54, 1.807) is 11.9 Å². The molecule has 0 aliphatic rings. The van der Waals surface area contributed by atoms with Crippen LogP contribution in [0.4, 0.5) is 0 Å². The average Bonchev–Trinajstić information content (AvgIpc) is 2.18. The second-order valence-electron chi connectivity index (χ2n) is 3.84. The molecule has 0 atom stereocenters. The maximum atomic E-state index is 11.9. The zero-order valence-electron chi connectivity index (χ0n) is 9.63. The third-order valence-corrected chi connectivity index (χ3v) is 2.41. The van der Waals surface area contributed by atoms with E-state index in [0.29, 0.717) is 19.5 Å². The van der Waals surface area contributed by atoms with Crippen molar-refractivity contribution in [3.63, 3.8) is 0 Å². The third kappa shape index (κ3) is 3.64. The average molecular weight is 202 g/mol. The summed E-state index contributed by atoms with van der Waals surface area (Å²) in [6, 6.07) is 0. The van der Waals surface area contributed by atoms with Crippen LogP contribution < -0.4 is 5.32 Å². The normalized spacial score (nSPS) is 11.5. The van der Waals surface area contributed by atoms with E-state index < -0.39 is 5.54 Å². The van der Waals surface area contributed by atoms with Crippen molar-refractivity contribution < 1.29 is 9.90 Å². The van der Waals surface area contributed by atoms with E-state index in [-0.39, 0.29) is 12.5 Å². The van der Waals surface area contributed by atoms with Crippen LogP contribution in [0.25, 0.3) is 0 Å². The number of amides is 1. The first kappa shape index (κ1) is 13.4. The maximum absolute atomic E-state index is 11.9. The summed E-state index contributed by atoms with van der Waals surface area (Å²) in [6.07, 6.45) is 0.638. The summed E-state index contributed by atoms with van der Waals surface area (Å²) in [6.45, 7) is 7.10. The number of hydrogen-bond acceptors (Lipinski definition) is 3. The van der Waals surface area contributed by atoms with Gasteiger partial charge in [-0.3, -0.25) is 4.79 Å². The third-order valence-electron chi connectivity index (χ3n) is 2.41. The highest BCUT2D eigenvalue weighted by Gasteiger charge is 2.28. The Hall–Kier alpha value is -0.610. The molecule has 0 unspecified atom stereocenters. The smallest absolute Gasteiger partial charge is 0.242 e. The lowest BCUT2D eigenvalue weighted by molar-refractivity contribution is -0.136. The number of aliphatic hydroxyl groups is 1. The molecule has 0 rings (SSSR count). The Morgan fingerprint density at radius 3 is 2.43 bits per heavy atom. The summed E-state index contributed by atoms with van der Waals surface area (Å²) >= 11 is 0. The van der Waals surface area contributed by atoms with Gasteiger partial charge in [-0.15, -0.1) is 0 Å². The molecule has 0 aromatic carbocycles. The number of nitrogens with zero attached hydrogens (tertiary/aromatic N) is 1. The number of carbonyl (C=O) groups excluding carboxylic acids is 1. The first-order valence-electron chi connectivity index (χ1n) is 5.08. The van der Waals surface area contributed by atoms with Gasteiger partial charge in [0.1, 0.15) is 0 Å². The van der Waals surface area contributed by atoms with E-state index in [4.69, 9.17) is 5.11 Å². The molecule has 2 N–H and O–H groups in total. The summed E-state index contributed by atoms with van der Waals surface area (Å²) in [5.41, 5.74) is -0.522. The number of aliphatic hydroxyl groups excluding tert-OH is 1. The van der Waals surface area contributed by atoms with Crippen LogP contribution in [-0.4, -0.2) is 48.2 Å². The molecule has 1 amide bonds. The number of nitrogens with one attached hydrogen (secondary N) is 1. The van der Waals surface area contributed by atoms with Gasteiger partial charge >= 0.3 is 0 Å². The van der Waals surface area contributed by atoms with Crippen LogP contribution in [0, 0.1) is 0 Å². The van der Waals surface area contributed by atoms with Gasteiger partial charge in [-0.2, -0.15) is 0 Å². The van der Waals surface area contributed by atoms with Crippen LogP contribution >= 0.6 is 0 Å². The standard InChI is InChI=1S/C10H22N2O2/c1-5-12(7-6-8-13)9(14)10(2,3)11-4/h11,13H,5-8H2,1-4H3. The fourth-order valence-corrected chi connectivity index (χ4v) is 1.17. The fourth-order valence-electron chi connectivity index (χ4n) is 1.17. The number of carbonyl (C=O) groups is 1. The lowest BCUT2D eigenvalue weighted by Gasteiger charge is -2.30. The minimum atomic E-state index is -0.522. The van der Waals surface area contributed by atoms with E-state index in [9.17, 15) is 4.79 Å². The van der Waals surface area contributed by atoms with Gasteiger partial charge in [0.15, 0.2) is 0 Å². The van der Waals surface area contributed by atoms with Crippen LogP contribution in [0.1, 0.15) is 27.2 Å². The Bertz CT molecular complexity index is 181. The maximum Gasteiger partial charge on any atom is 0.242 e. The molecule has 0 heterocycles. The highest BCUT2D eigenvalue weighted by molar-refractivity contribution is 5.85. The molecule has 14 heavy (non-hydrogen) atoms. The Kier molecular flexibility index (Phi) is 5.72. The SMILES string of the molecule is CCN(CCCO)C(=O)C(C)(C)NC. The van der Waals surface area contributed by atoms with Crippen molar-refractivity contribution in [3.8, 4) is 0 Å². The van der Waals surface area contributed by atoms with Crippen molar-refractivity contribution in [2.24, 2.45) is 0 Å². The molecule has 0 saturated carbocycles. The quantitative estimate of drug-likeness (QED) is 0.647. The molecule has 0 aliphatic carbocycles. The minimum Gasteiger partial charge on any atom is -0.396 e. The van der Waals surface area contributed by atoms with Crippen molar-refractivity contribution >= 4 is 5.91 Å². The molecule has 0 fully saturated rings. The highest BCUT2D eigenvalue weighted by atomic mass is 16.3. The van der Waals surface area contributed by atoms with Crippen LogP contribution in [0.15, 0.2) is 0 Å². The van der Waals surface area contributed by atoms with Crippen molar-refractivity contribution in [1.82, 2.24) is 10.2 Å². The molecule has 0 radical (unpaired) electrons. The first-order chi connectivity index (χ1) is 6.49. The van der Waals surface area contributed by atoms with Crippen molar-refractivity contribution in [1.29, 1.82) is 0 Å². The molecular weight excluding hydrogens is 180 g/mol. The van der Waals surface area contributed by atoms with Crippen molar-refractivity contribution in [2.45, 2.75) is 32.7 Å². The molecule has 0 aromatic rings. The van der Waals surface area contributed by atoms with Gasteiger partial charge in [0.05, 0.1) is 5.54 Å². The molecule has 0 saturated heterocycles. The van der Waals surface area contributed by atoms with Crippen molar-refractivity contribution in [3.05, 3.63) is 0 Å². The zero-order chi connectivity index (χ0) is 11.2. The Balaban J connectivity index is 4.30. The number of hydrogen-bond donors (Lipinski definition) is 2. The number of likely N-dealkylation sites (N-methyl/N-ethyl adjacent to an activating group) is 2. The second kappa shape index (κ2) is 5.98. The van der Waals surface area contributed by atoms with Gasteiger partial charge in [0.2, 0.25) is 5.91 Å². The fraction of sp³-hybridized carbons (Fsp3) is 0.900. The first-order valence-corrected chi connectivity index (χ1v) is 5.08. The summed E-state index contributed by atoms with van der Waals surface area (Å²) < 4.78 is 0. The molecule has 0 spiro atoms. The van der Waals surface area contributed by atoms with Gasteiger partial charge in [-0.25, -0.2) is 0 Å². The van der Waals surface area contributed by atoms with Crippen LogP contribution in [0.5, 0.6) is 0 Å². The monoisotopic (exact) mass is 202 g/mol. The lowest BCUT2D eigenvalue weighted by Crippen LogP contribution is -2.53. The predicted octanol–water partition coefficient (Wildman–Crippen LogP) is 0.215. The predicted molar refractivity (Wildman–Crippen MR) is 57.1 cm³/mol. The van der Waals surface area contributed by atoms with Gasteiger partial charge in [-0.05, 0) is 34.2 Å². The van der Waals surface area contributed by atoms with Gasteiger partial charge in [-0.1, -0.05) is 0 Å².